The first-order valence-electron chi connectivity index (χ1n) is 4.25. The van der Waals surface area contributed by atoms with Crippen LogP contribution in [0.2, 0.25) is 0 Å². The van der Waals surface area contributed by atoms with Gasteiger partial charge < -0.3 is 4.74 Å². The van der Waals surface area contributed by atoms with Crippen LogP contribution in [0.1, 0.15) is 11.1 Å². The summed E-state index contributed by atoms with van der Waals surface area (Å²) in [6.45, 7) is -1.78. The van der Waals surface area contributed by atoms with Crippen LogP contribution < -0.4 is 0 Å². The average Bonchev–Trinajstić information content (AvgIpc) is 2.14. The molecule has 1 aromatic carbocycles. The Bertz CT molecular complexity index is 408. The van der Waals surface area contributed by atoms with E-state index in [4.69, 9.17) is 5.26 Å². The summed E-state index contributed by atoms with van der Waals surface area (Å²) in [4.78, 5) is 0. The SMILES string of the molecule is N#Cc1cc(F)cc(COCC(F)(F)F)c1. The maximum Gasteiger partial charge on any atom is 0.411 e. The van der Waals surface area contributed by atoms with E-state index in [0.717, 1.165) is 12.1 Å². The maximum absolute atomic E-state index is 12.8. The van der Waals surface area contributed by atoms with Crippen molar-refractivity contribution < 1.29 is 22.3 Å². The molecule has 6 heteroatoms. The van der Waals surface area contributed by atoms with Gasteiger partial charge in [-0.15, -0.1) is 0 Å². The summed E-state index contributed by atoms with van der Waals surface area (Å²) in [6.07, 6.45) is -4.41. The second-order valence-electron chi connectivity index (χ2n) is 3.07. The largest absolute Gasteiger partial charge is 0.411 e. The lowest BCUT2D eigenvalue weighted by atomic mass is 10.1. The fraction of sp³-hybridized carbons (Fsp3) is 0.300. The molecule has 1 aromatic rings. The van der Waals surface area contributed by atoms with Gasteiger partial charge >= 0.3 is 6.18 Å². The Hall–Kier alpha value is -1.61. The van der Waals surface area contributed by atoms with Gasteiger partial charge in [0.1, 0.15) is 12.4 Å². The van der Waals surface area contributed by atoms with Crippen molar-refractivity contribution in [2.75, 3.05) is 6.61 Å². The van der Waals surface area contributed by atoms with Crippen molar-refractivity contribution in [3.05, 3.63) is 35.1 Å². The quantitative estimate of drug-likeness (QED) is 0.752. The number of nitriles is 1. The predicted molar refractivity (Wildman–Crippen MR) is 46.8 cm³/mol. The van der Waals surface area contributed by atoms with E-state index >= 15 is 0 Å². The Morgan fingerprint density at radius 1 is 1.25 bits per heavy atom. The molecule has 0 atom stereocenters. The summed E-state index contributed by atoms with van der Waals surface area (Å²) >= 11 is 0. The van der Waals surface area contributed by atoms with Gasteiger partial charge in [0.05, 0.1) is 18.2 Å². The molecule has 0 heterocycles. The minimum absolute atomic E-state index is 0.0469. The zero-order valence-corrected chi connectivity index (χ0v) is 8.01. The van der Waals surface area contributed by atoms with E-state index in [1.54, 1.807) is 6.07 Å². The van der Waals surface area contributed by atoms with Gasteiger partial charge in [-0.3, -0.25) is 0 Å². The molecule has 0 amide bonds. The zero-order valence-electron chi connectivity index (χ0n) is 8.01. The Morgan fingerprint density at radius 2 is 1.94 bits per heavy atom. The van der Waals surface area contributed by atoms with Crippen LogP contribution in [0.4, 0.5) is 17.6 Å². The third kappa shape index (κ3) is 4.28. The molecule has 0 radical (unpaired) electrons. The van der Waals surface area contributed by atoms with Crippen LogP contribution in [0.25, 0.3) is 0 Å². The van der Waals surface area contributed by atoms with Crippen LogP contribution in [0.15, 0.2) is 18.2 Å². The van der Waals surface area contributed by atoms with E-state index < -0.39 is 18.6 Å². The fourth-order valence-electron chi connectivity index (χ4n) is 1.08. The molecule has 0 fully saturated rings. The van der Waals surface area contributed by atoms with E-state index in [1.165, 1.54) is 6.07 Å². The molecule has 0 unspecified atom stereocenters. The Kier molecular flexibility index (Phi) is 3.85. The van der Waals surface area contributed by atoms with E-state index in [1.807, 2.05) is 0 Å². The highest BCUT2D eigenvalue weighted by atomic mass is 19.4. The highest BCUT2D eigenvalue weighted by molar-refractivity contribution is 5.33. The standard InChI is InChI=1S/C10H7F4NO/c11-9-2-7(4-15)1-8(3-9)5-16-6-10(12,13)14/h1-3H,5-6H2. The summed E-state index contributed by atoms with van der Waals surface area (Å²) < 4.78 is 52.4. The minimum atomic E-state index is -4.41. The van der Waals surface area contributed by atoms with Crippen molar-refractivity contribution in [3.8, 4) is 6.07 Å². The number of benzene rings is 1. The fourth-order valence-corrected chi connectivity index (χ4v) is 1.08. The first kappa shape index (κ1) is 12.5. The first-order valence-corrected chi connectivity index (χ1v) is 4.25. The molecule has 0 N–H and O–H groups in total. The number of ether oxygens (including phenoxy) is 1. The molecule has 0 saturated heterocycles. The highest BCUT2D eigenvalue weighted by Gasteiger charge is 2.27. The lowest BCUT2D eigenvalue weighted by molar-refractivity contribution is -0.176. The zero-order chi connectivity index (χ0) is 12.2. The molecule has 16 heavy (non-hydrogen) atoms. The molecular weight excluding hydrogens is 226 g/mol. The third-order valence-electron chi connectivity index (χ3n) is 1.62. The smallest absolute Gasteiger partial charge is 0.367 e. The molecule has 1 rings (SSSR count). The van der Waals surface area contributed by atoms with Crippen LogP contribution in [0.3, 0.4) is 0 Å². The molecule has 2 nitrogen and oxygen atoms in total. The van der Waals surface area contributed by atoms with Gasteiger partial charge in [0.15, 0.2) is 0 Å². The van der Waals surface area contributed by atoms with Gasteiger partial charge in [-0.2, -0.15) is 18.4 Å². The van der Waals surface area contributed by atoms with Crippen molar-refractivity contribution in [2.24, 2.45) is 0 Å². The maximum atomic E-state index is 12.8. The number of hydrogen-bond acceptors (Lipinski definition) is 2. The average molecular weight is 233 g/mol. The molecule has 0 aliphatic carbocycles. The number of halogens is 4. The van der Waals surface area contributed by atoms with Crippen LogP contribution in [0, 0.1) is 17.1 Å². The van der Waals surface area contributed by atoms with Crippen molar-refractivity contribution in [1.82, 2.24) is 0 Å². The van der Waals surface area contributed by atoms with Gasteiger partial charge in [0.25, 0.3) is 0 Å². The second kappa shape index (κ2) is 4.94. The van der Waals surface area contributed by atoms with Crippen molar-refractivity contribution in [3.63, 3.8) is 0 Å². The number of nitrogens with zero attached hydrogens (tertiary/aromatic N) is 1. The van der Waals surface area contributed by atoms with Crippen LogP contribution in [0.5, 0.6) is 0 Å². The molecule has 0 aromatic heterocycles. The second-order valence-corrected chi connectivity index (χ2v) is 3.07. The van der Waals surface area contributed by atoms with E-state index in [9.17, 15) is 17.6 Å². The first-order chi connectivity index (χ1) is 7.40. The summed E-state index contributed by atoms with van der Waals surface area (Å²) in [6, 6.07) is 4.99. The third-order valence-corrected chi connectivity index (χ3v) is 1.62. The summed E-state index contributed by atoms with van der Waals surface area (Å²) in [5, 5.41) is 8.50. The summed E-state index contributed by atoms with van der Waals surface area (Å²) in [5.74, 6) is -0.676. The molecule has 86 valence electrons. The van der Waals surface area contributed by atoms with Crippen molar-refractivity contribution in [2.45, 2.75) is 12.8 Å². The predicted octanol–water partition coefficient (Wildman–Crippen LogP) is 2.78. The van der Waals surface area contributed by atoms with Gasteiger partial charge in [0.2, 0.25) is 0 Å². The number of alkyl halides is 3. The van der Waals surface area contributed by atoms with E-state index in [0.29, 0.717) is 0 Å². The van der Waals surface area contributed by atoms with Crippen LogP contribution in [-0.4, -0.2) is 12.8 Å². The topological polar surface area (TPSA) is 33.0 Å². The molecule has 0 aliphatic heterocycles. The van der Waals surface area contributed by atoms with Gasteiger partial charge in [-0.05, 0) is 23.8 Å². The van der Waals surface area contributed by atoms with Crippen LogP contribution in [-0.2, 0) is 11.3 Å². The van der Waals surface area contributed by atoms with Crippen molar-refractivity contribution >= 4 is 0 Å². The molecule has 0 spiro atoms. The normalized spacial score (nSPS) is 11.2. The van der Waals surface area contributed by atoms with Gasteiger partial charge in [-0.25, -0.2) is 4.39 Å². The van der Waals surface area contributed by atoms with Gasteiger partial charge in [-0.1, -0.05) is 0 Å². The number of rotatable bonds is 3. The lowest BCUT2D eigenvalue weighted by Crippen LogP contribution is -2.16. The summed E-state index contributed by atoms with van der Waals surface area (Å²) in [5.41, 5.74) is 0.242. The Morgan fingerprint density at radius 3 is 2.50 bits per heavy atom. The number of hydrogen-bond donors (Lipinski definition) is 0. The van der Waals surface area contributed by atoms with Crippen molar-refractivity contribution in [1.29, 1.82) is 5.26 Å². The molecule has 0 aliphatic rings. The Labute approximate surface area is 89.1 Å². The summed E-state index contributed by atoms with van der Waals surface area (Å²) in [7, 11) is 0. The van der Waals surface area contributed by atoms with E-state index in [2.05, 4.69) is 4.74 Å². The highest BCUT2D eigenvalue weighted by Crippen LogP contribution is 2.16. The lowest BCUT2D eigenvalue weighted by Gasteiger charge is -2.07. The van der Waals surface area contributed by atoms with Gasteiger partial charge in [0, 0.05) is 0 Å². The minimum Gasteiger partial charge on any atom is -0.367 e. The van der Waals surface area contributed by atoms with E-state index in [-0.39, 0.29) is 17.7 Å². The van der Waals surface area contributed by atoms with Crippen LogP contribution >= 0.6 is 0 Å². The molecular formula is C10H7F4NO. The Balaban J connectivity index is 2.61. The molecule has 0 bridgehead atoms. The monoisotopic (exact) mass is 233 g/mol. The molecule has 0 saturated carbocycles.